The first-order chi connectivity index (χ1) is 14.7. The number of nitrogens with zero attached hydrogens (tertiary/aromatic N) is 4. The predicted octanol–water partition coefficient (Wildman–Crippen LogP) is 3.80. The fourth-order valence-electron chi connectivity index (χ4n) is 3.32. The molecule has 7 nitrogen and oxygen atoms in total. The molecule has 0 unspecified atom stereocenters. The van der Waals surface area contributed by atoms with Crippen molar-refractivity contribution in [1.82, 2.24) is 15.0 Å². The van der Waals surface area contributed by atoms with Gasteiger partial charge >= 0.3 is 6.18 Å². The Morgan fingerprint density at radius 1 is 1.06 bits per heavy atom. The molecule has 1 aliphatic rings. The molecule has 2 amide bonds. The summed E-state index contributed by atoms with van der Waals surface area (Å²) < 4.78 is 54.7. The van der Waals surface area contributed by atoms with Gasteiger partial charge in [0.2, 0.25) is 5.91 Å². The highest BCUT2D eigenvalue weighted by molar-refractivity contribution is 6.04. The average molecular weight is 433 g/mol. The van der Waals surface area contributed by atoms with E-state index in [4.69, 9.17) is 0 Å². The van der Waals surface area contributed by atoms with Crippen LogP contribution in [0.25, 0.3) is 5.69 Å². The van der Waals surface area contributed by atoms with Gasteiger partial charge in [0.05, 0.1) is 5.69 Å². The molecule has 31 heavy (non-hydrogen) atoms. The van der Waals surface area contributed by atoms with E-state index < -0.39 is 29.3 Å². The molecule has 1 fully saturated rings. The minimum absolute atomic E-state index is 0.0647. The number of nitrogens with one attached hydrogen (secondary N) is 1. The number of benzene rings is 2. The Labute approximate surface area is 173 Å². The molecule has 1 N–H and O–H groups in total. The Balaban J connectivity index is 1.65. The molecule has 3 aromatic rings. The maximum absolute atomic E-state index is 13.7. The molecule has 0 aliphatic carbocycles. The Kier molecular flexibility index (Phi) is 5.17. The molecule has 0 spiro atoms. The van der Waals surface area contributed by atoms with Gasteiger partial charge in [0.1, 0.15) is 5.82 Å². The second kappa shape index (κ2) is 7.82. The third kappa shape index (κ3) is 4.11. The number of aromatic nitrogens is 3. The summed E-state index contributed by atoms with van der Waals surface area (Å²) in [5.74, 6) is -1.82. The summed E-state index contributed by atoms with van der Waals surface area (Å²) in [7, 11) is 0. The van der Waals surface area contributed by atoms with E-state index in [1.54, 1.807) is 17.0 Å². The Morgan fingerprint density at radius 2 is 1.81 bits per heavy atom. The van der Waals surface area contributed by atoms with Crippen molar-refractivity contribution < 1.29 is 27.2 Å². The van der Waals surface area contributed by atoms with E-state index in [-0.39, 0.29) is 17.3 Å². The average Bonchev–Trinajstić information content (AvgIpc) is 3.35. The molecule has 1 aromatic heterocycles. The van der Waals surface area contributed by atoms with E-state index in [0.29, 0.717) is 29.8 Å². The maximum atomic E-state index is 13.7. The van der Waals surface area contributed by atoms with Crippen LogP contribution < -0.4 is 10.2 Å². The van der Waals surface area contributed by atoms with E-state index in [2.05, 4.69) is 15.6 Å². The van der Waals surface area contributed by atoms with E-state index in [1.807, 2.05) is 0 Å². The maximum Gasteiger partial charge on any atom is 0.435 e. The molecular weight excluding hydrogens is 418 g/mol. The Bertz CT molecular complexity index is 1140. The summed E-state index contributed by atoms with van der Waals surface area (Å²) in [6.45, 7) is 0.528. The molecule has 1 aliphatic heterocycles. The van der Waals surface area contributed by atoms with Gasteiger partial charge < -0.3 is 10.2 Å². The minimum atomic E-state index is -4.95. The highest BCUT2D eigenvalue weighted by Gasteiger charge is 2.42. The number of alkyl halides is 3. The second-order valence-electron chi connectivity index (χ2n) is 6.83. The van der Waals surface area contributed by atoms with Crippen molar-refractivity contribution in [1.29, 1.82) is 0 Å². The third-order valence-corrected chi connectivity index (χ3v) is 4.71. The summed E-state index contributed by atoms with van der Waals surface area (Å²) >= 11 is 0. The number of hydrogen-bond acceptors (Lipinski definition) is 4. The number of halogens is 4. The first-order valence-electron chi connectivity index (χ1n) is 9.24. The Hall–Kier alpha value is -3.76. The standard InChI is InChI=1S/C20H15F4N5O2/c21-12-6-8-14(9-7-12)29-18(20(22,23)24)17(26-27-29)19(31)25-13-3-1-4-15(11-13)28-10-2-5-16(28)30/h1,3-4,6-9,11H,2,5,10H2,(H,25,31). The topological polar surface area (TPSA) is 80.1 Å². The van der Waals surface area contributed by atoms with Gasteiger partial charge in [-0.25, -0.2) is 9.07 Å². The van der Waals surface area contributed by atoms with Crippen LogP contribution in [0.3, 0.4) is 0 Å². The molecule has 0 atom stereocenters. The number of carbonyl (C=O) groups is 2. The quantitative estimate of drug-likeness (QED) is 0.635. The van der Waals surface area contributed by atoms with Crippen molar-refractivity contribution in [3.05, 3.63) is 65.7 Å². The molecule has 11 heteroatoms. The molecule has 0 bridgehead atoms. The van der Waals surface area contributed by atoms with Gasteiger partial charge in [-0.3, -0.25) is 9.59 Å². The number of amides is 2. The van der Waals surface area contributed by atoms with Crippen LogP contribution in [0.1, 0.15) is 29.0 Å². The van der Waals surface area contributed by atoms with Crippen molar-refractivity contribution in [2.45, 2.75) is 19.0 Å². The lowest BCUT2D eigenvalue weighted by Crippen LogP contribution is -2.24. The molecule has 0 radical (unpaired) electrons. The van der Waals surface area contributed by atoms with Crippen LogP contribution in [0.5, 0.6) is 0 Å². The summed E-state index contributed by atoms with van der Waals surface area (Å²) in [6, 6.07) is 10.4. The molecule has 0 saturated carbocycles. The van der Waals surface area contributed by atoms with Crippen LogP contribution in [-0.4, -0.2) is 33.4 Å². The van der Waals surface area contributed by atoms with Crippen molar-refractivity contribution in [3.63, 3.8) is 0 Å². The smallest absolute Gasteiger partial charge is 0.320 e. The van der Waals surface area contributed by atoms with Gasteiger partial charge in [0.15, 0.2) is 11.4 Å². The first-order valence-corrected chi connectivity index (χ1v) is 9.24. The summed E-state index contributed by atoms with van der Waals surface area (Å²) in [5.41, 5.74) is -1.69. The van der Waals surface area contributed by atoms with Crippen molar-refractivity contribution in [2.75, 3.05) is 16.8 Å². The lowest BCUT2D eigenvalue weighted by atomic mass is 10.2. The van der Waals surface area contributed by atoms with Crippen molar-refractivity contribution >= 4 is 23.2 Å². The van der Waals surface area contributed by atoms with Crippen LogP contribution in [0.2, 0.25) is 0 Å². The zero-order valence-electron chi connectivity index (χ0n) is 15.9. The minimum Gasteiger partial charge on any atom is -0.320 e. The highest BCUT2D eigenvalue weighted by Crippen LogP contribution is 2.33. The molecule has 4 rings (SSSR count). The van der Waals surface area contributed by atoms with Crippen LogP contribution in [0.15, 0.2) is 48.5 Å². The predicted molar refractivity (Wildman–Crippen MR) is 102 cm³/mol. The number of anilines is 2. The van der Waals surface area contributed by atoms with Crippen LogP contribution in [0.4, 0.5) is 28.9 Å². The Morgan fingerprint density at radius 3 is 2.45 bits per heavy atom. The molecular formula is C20H15F4N5O2. The van der Waals surface area contributed by atoms with Gasteiger partial charge in [0, 0.05) is 24.3 Å². The monoisotopic (exact) mass is 433 g/mol. The largest absolute Gasteiger partial charge is 0.435 e. The van der Waals surface area contributed by atoms with Crippen LogP contribution in [0, 0.1) is 5.82 Å². The van der Waals surface area contributed by atoms with Crippen LogP contribution in [-0.2, 0) is 11.0 Å². The first kappa shape index (κ1) is 20.5. The van der Waals surface area contributed by atoms with Crippen molar-refractivity contribution in [2.24, 2.45) is 0 Å². The summed E-state index contributed by atoms with van der Waals surface area (Å²) in [4.78, 5) is 26.1. The van der Waals surface area contributed by atoms with E-state index >= 15 is 0 Å². The third-order valence-electron chi connectivity index (χ3n) is 4.71. The molecule has 2 heterocycles. The van der Waals surface area contributed by atoms with Gasteiger partial charge in [-0.15, -0.1) is 5.10 Å². The SMILES string of the molecule is O=C(Nc1cccc(N2CCCC2=O)c1)c1nnn(-c2ccc(F)cc2)c1C(F)(F)F. The lowest BCUT2D eigenvalue weighted by Gasteiger charge is -2.17. The second-order valence-corrected chi connectivity index (χ2v) is 6.83. The van der Waals surface area contributed by atoms with Crippen molar-refractivity contribution in [3.8, 4) is 5.69 Å². The zero-order chi connectivity index (χ0) is 22.2. The van der Waals surface area contributed by atoms with Gasteiger partial charge in [-0.1, -0.05) is 11.3 Å². The zero-order valence-corrected chi connectivity index (χ0v) is 15.9. The van der Waals surface area contributed by atoms with Gasteiger partial charge in [-0.2, -0.15) is 13.2 Å². The fraction of sp³-hybridized carbons (Fsp3) is 0.200. The number of rotatable bonds is 4. The van der Waals surface area contributed by atoms with E-state index in [1.165, 1.54) is 12.1 Å². The van der Waals surface area contributed by atoms with E-state index in [0.717, 1.165) is 24.3 Å². The number of hydrogen-bond donors (Lipinski definition) is 1. The van der Waals surface area contributed by atoms with Gasteiger partial charge in [-0.05, 0) is 48.9 Å². The normalized spacial score (nSPS) is 14.2. The molecule has 1 saturated heterocycles. The highest BCUT2D eigenvalue weighted by atomic mass is 19.4. The fourth-order valence-corrected chi connectivity index (χ4v) is 3.32. The van der Waals surface area contributed by atoms with E-state index in [9.17, 15) is 27.2 Å². The molecule has 2 aromatic carbocycles. The summed E-state index contributed by atoms with van der Waals surface area (Å²) in [5, 5.41) is 9.23. The lowest BCUT2D eigenvalue weighted by molar-refractivity contribution is -0.143. The van der Waals surface area contributed by atoms with Gasteiger partial charge in [0.25, 0.3) is 5.91 Å². The summed E-state index contributed by atoms with van der Waals surface area (Å²) in [6.07, 6.45) is -3.83. The van der Waals surface area contributed by atoms with Crippen LogP contribution >= 0.6 is 0 Å². The number of carbonyl (C=O) groups excluding carboxylic acids is 2. The molecule has 160 valence electrons.